The summed E-state index contributed by atoms with van der Waals surface area (Å²) < 4.78 is 13.2. The molecule has 2 heterocycles. The molecule has 1 unspecified atom stereocenters. The zero-order chi connectivity index (χ0) is 10.8. The van der Waals surface area contributed by atoms with Crippen molar-refractivity contribution in [1.82, 2.24) is 9.97 Å². The van der Waals surface area contributed by atoms with Crippen LogP contribution in [0.25, 0.3) is 0 Å². The van der Waals surface area contributed by atoms with Gasteiger partial charge in [-0.2, -0.15) is 4.98 Å². The number of H-pyrrole nitrogens is 1. The normalized spacial score (nSPS) is 21.7. The Morgan fingerprint density at radius 2 is 2.47 bits per heavy atom. The fraction of sp³-hybridized carbons (Fsp3) is 0.556. The van der Waals surface area contributed by atoms with Crippen LogP contribution in [-0.2, 0) is 0 Å². The molecule has 0 radical (unpaired) electrons. The van der Waals surface area contributed by atoms with E-state index < -0.39 is 11.9 Å². The van der Waals surface area contributed by atoms with Gasteiger partial charge in [0.1, 0.15) is 12.0 Å². The number of aromatic amines is 1. The van der Waals surface area contributed by atoms with E-state index in [1.807, 2.05) is 4.90 Å². The van der Waals surface area contributed by atoms with Crippen molar-refractivity contribution in [3.05, 3.63) is 16.7 Å². The van der Waals surface area contributed by atoms with E-state index in [1.54, 1.807) is 0 Å². The molecular formula is C9H13FN4O. The maximum Gasteiger partial charge on any atom is 0.346 e. The van der Waals surface area contributed by atoms with E-state index in [0.717, 1.165) is 13.0 Å². The molecule has 0 saturated carbocycles. The highest BCUT2D eigenvalue weighted by Gasteiger charge is 2.21. The number of alkyl halides is 1. The van der Waals surface area contributed by atoms with E-state index in [4.69, 9.17) is 5.73 Å². The predicted octanol–water partition coefficient (Wildman–Crippen LogP) is 0.290. The molecule has 1 aromatic heterocycles. The molecule has 1 fully saturated rings. The van der Waals surface area contributed by atoms with Crippen LogP contribution >= 0.6 is 0 Å². The van der Waals surface area contributed by atoms with Crippen LogP contribution in [0.1, 0.15) is 12.8 Å². The fourth-order valence-corrected chi connectivity index (χ4v) is 1.80. The highest BCUT2D eigenvalue weighted by atomic mass is 19.1. The van der Waals surface area contributed by atoms with Gasteiger partial charge in [0.25, 0.3) is 0 Å². The summed E-state index contributed by atoms with van der Waals surface area (Å²) in [4.78, 5) is 18.6. The number of hydrogen-bond acceptors (Lipinski definition) is 4. The van der Waals surface area contributed by atoms with Gasteiger partial charge in [-0.15, -0.1) is 0 Å². The number of anilines is 2. The van der Waals surface area contributed by atoms with E-state index in [1.165, 1.54) is 6.20 Å². The Bertz CT molecular complexity index is 405. The molecule has 1 aliphatic heterocycles. The van der Waals surface area contributed by atoms with Crippen LogP contribution in [0, 0.1) is 0 Å². The Morgan fingerprint density at radius 1 is 1.67 bits per heavy atom. The van der Waals surface area contributed by atoms with E-state index in [-0.39, 0.29) is 5.82 Å². The first-order chi connectivity index (χ1) is 7.16. The fourth-order valence-electron chi connectivity index (χ4n) is 1.80. The van der Waals surface area contributed by atoms with Crippen molar-refractivity contribution in [2.24, 2.45) is 0 Å². The Hall–Kier alpha value is -1.59. The van der Waals surface area contributed by atoms with Gasteiger partial charge >= 0.3 is 5.69 Å². The summed E-state index contributed by atoms with van der Waals surface area (Å²) >= 11 is 0. The number of hydrogen-bond donors (Lipinski definition) is 2. The van der Waals surface area contributed by atoms with Crippen LogP contribution in [0.2, 0.25) is 0 Å². The SMILES string of the molecule is Nc1[nH]c(=O)ncc1N1CCCC(F)C1. The van der Waals surface area contributed by atoms with Gasteiger partial charge in [0, 0.05) is 13.1 Å². The summed E-state index contributed by atoms with van der Waals surface area (Å²) in [5.74, 6) is 0.254. The highest BCUT2D eigenvalue weighted by molar-refractivity contribution is 5.61. The first kappa shape index (κ1) is 9.95. The Labute approximate surface area is 86.1 Å². The number of nitrogens with one attached hydrogen (secondary N) is 1. The van der Waals surface area contributed by atoms with Crippen molar-refractivity contribution in [3.63, 3.8) is 0 Å². The second kappa shape index (κ2) is 3.88. The van der Waals surface area contributed by atoms with Crippen molar-refractivity contribution >= 4 is 11.5 Å². The van der Waals surface area contributed by atoms with Gasteiger partial charge in [0.2, 0.25) is 0 Å². The minimum atomic E-state index is -0.829. The zero-order valence-electron chi connectivity index (χ0n) is 8.24. The Kier molecular flexibility index (Phi) is 2.57. The molecule has 1 atom stereocenters. The largest absolute Gasteiger partial charge is 0.383 e. The summed E-state index contributed by atoms with van der Waals surface area (Å²) in [6, 6.07) is 0. The molecule has 2 rings (SSSR count). The minimum absolute atomic E-state index is 0.254. The van der Waals surface area contributed by atoms with Crippen LogP contribution in [-0.4, -0.2) is 29.2 Å². The number of aromatic nitrogens is 2. The highest BCUT2D eigenvalue weighted by Crippen LogP contribution is 2.23. The molecule has 5 nitrogen and oxygen atoms in total. The van der Waals surface area contributed by atoms with Gasteiger partial charge in [-0.25, -0.2) is 9.18 Å². The molecule has 0 bridgehead atoms. The molecule has 6 heteroatoms. The Morgan fingerprint density at radius 3 is 3.13 bits per heavy atom. The lowest BCUT2D eigenvalue weighted by atomic mass is 10.1. The number of piperidine rings is 1. The second-order valence-electron chi connectivity index (χ2n) is 3.67. The molecule has 1 aliphatic rings. The molecule has 0 amide bonds. The third-order valence-electron chi connectivity index (χ3n) is 2.53. The third-order valence-corrected chi connectivity index (χ3v) is 2.53. The lowest BCUT2D eigenvalue weighted by Crippen LogP contribution is -2.37. The van der Waals surface area contributed by atoms with Crippen LogP contribution in [0.5, 0.6) is 0 Å². The lowest BCUT2D eigenvalue weighted by molar-refractivity contribution is 0.287. The molecular weight excluding hydrogens is 199 g/mol. The van der Waals surface area contributed by atoms with Gasteiger partial charge in [0.05, 0.1) is 11.9 Å². The topological polar surface area (TPSA) is 75.0 Å². The number of rotatable bonds is 1. The number of nitrogen functional groups attached to an aromatic ring is 1. The summed E-state index contributed by atoms with van der Waals surface area (Å²) in [5, 5.41) is 0. The predicted molar refractivity (Wildman–Crippen MR) is 55.6 cm³/mol. The number of nitrogens with zero attached hydrogens (tertiary/aromatic N) is 2. The maximum absolute atomic E-state index is 13.2. The summed E-state index contributed by atoms with van der Waals surface area (Å²) in [6.45, 7) is 1.07. The zero-order valence-corrected chi connectivity index (χ0v) is 8.24. The van der Waals surface area contributed by atoms with E-state index in [9.17, 15) is 9.18 Å². The van der Waals surface area contributed by atoms with Crippen molar-refractivity contribution in [1.29, 1.82) is 0 Å². The standard InChI is InChI=1S/C9H13FN4O/c10-6-2-1-3-14(5-6)7-4-12-9(15)13-8(7)11/h4,6H,1-3,5H2,(H3,11,12,13,15). The summed E-state index contributed by atoms with van der Waals surface area (Å²) in [6.07, 6.45) is 1.95. The first-order valence-corrected chi connectivity index (χ1v) is 4.90. The van der Waals surface area contributed by atoms with Crippen LogP contribution in [0.3, 0.4) is 0 Å². The molecule has 1 saturated heterocycles. The third kappa shape index (κ3) is 2.08. The second-order valence-corrected chi connectivity index (χ2v) is 3.67. The first-order valence-electron chi connectivity index (χ1n) is 4.90. The van der Waals surface area contributed by atoms with Crippen LogP contribution in [0.15, 0.2) is 11.0 Å². The average molecular weight is 212 g/mol. The molecule has 1 aromatic rings. The molecule has 0 spiro atoms. The van der Waals surface area contributed by atoms with Crippen molar-refractivity contribution < 1.29 is 4.39 Å². The Balaban J connectivity index is 2.24. The maximum atomic E-state index is 13.2. The van der Waals surface area contributed by atoms with Crippen LogP contribution < -0.4 is 16.3 Å². The van der Waals surface area contributed by atoms with E-state index in [2.05, 4.69) is 9.97 Å². The average Bonchev–Trinajstić information content (AvgIpc) is 2.17. The van der Waals surface area contributed by atoms with Crippen LogP contribution in [0.4, 0.5) is 15.9 Å². The van der Waals surface area contributed by atoms with Gasteiger partial charge in [-0.1, -0.05) is 0 Å². The van der Waals surface area contributed by atoms with Crippen molar-refractivity contribution in [2.45, 2.75) is 19.0 Å². The van der Waals surface area contributed by atoms with Gasteiger partial charge in [0.15, 0.2) is 0 Å². The van der Waals surface area contributed by atoms with Crippen molar-refractivity contribution in [3.8, 4) is 0 Å². The molecule has 15 heavy (non-hydrogen) atoms. The van der Waals surface area contributed by atoms with Gasteiger partial charge in [-0.05, 0) is 12.8 Å². The molecule has 3 N–H and O–H groups in total. The smallest absolute Gasteiger partial charge is 0.346 e. The monoisotopic (exact) mass is 212 g/mol. The quantitative estimate of drug-likeness (QED) is 0.701. The summed E-state index contributed by atoms with van der Waals surface area (Å²) in [7, 11) is 0. The summed E-state index contributed by atoms with van der Waals surface area (Å²) in [5.41, 5.74) is 5.76. The van der Waals surface area contributed by atoms with E-state index >= 15 is 0 Å². The number of halogens is 1. The van der Waals surface area contributed by atoms with Gasteiger partial charge < -0.3 is 10.6 Å². The lowest BCUT2D eigenvalue weighted by Gasteiger charge is -2.30. The molecule has 82 valence electrons. The molecule has 0 aromatic carbocycles. The number of nitrogens with two attached hydrogens (primary N) is 1. The minimum Gasteiger partial charge on any atom is -0.383 e. The molecule has 0 aliphatic carbocycles. The van der Waals surface area contributed by atoms with Crippen molar-refractivity contribution in [2.75, 3.05) is 23.7 Å². The van der Waals surface area contributed by atoms with Gasteiger partial charge in [-0.3, -0.25) is 4.98 Å². The van der Waals surface area contributed by atoms with E-state index in [0.29, 0.717) is 18.7 Å².